The molecule has 0 unspecified atom stereocenters. The number of benzene rings is 3. The predicted octanol–water partition coefficient (Wildman–Crippen LogP) is 5.02. The van der Waals surface area contributed by atoms with E-state index in [1.165, 1.54) is 11.1 Å². The van der Waals surface area contributed by atoms with Gasteiger partial charge in [-0.15, -0.1) is 0 Å². The first-order valence-corrected chi connectivity index (χ1v) is 11.5. The van der Waals surface area contributed by atoms with Crippen molar-refractivity contribution in [3.8, 4) is 16.9 Å². The number of rotatable bonds is 8. The molecule has 0 saturated carbocycles. The highest BCUT2D eigenvalue weighted by Gasteiger charge is 2.21. The number of aliphatic hydroxyl groups is 1. The number of aryl methyl sites for hydroxylation is 1. The highest BCUT2D eigenvalue weighted by molar-refractivity contribution is 5.92. The van der Waals surface area contributed by atoms with Crippen LogP contribution in [0, 0.1) is 0 Å². The average Bonchev–Trinajstić information content (AvgIpc) is 2.82. The van der Waals surface area contributed by atoms with Gasteiger partial charge in [0, 0.05) is 12.6 Å². The normalized spacial score (nSPS) is 16.3. The summed E-state index contributed by atoms with van der Waals surface area (Å²) in [6.07, 6.45) is 2.29. The van der Waals surface area contributed by atoms with E-state index in [1.807, 2.05) is 56.3 Å². The van der Waals surface area contributed by atoms with Crippen molar-refractivity contribution in [3.05, 3.63) is 89.0 Å². The van der Waals surface area contributed by atoms with Crippen LogP contribution < -0.4 is 10.1 Å². The summed E-state index contributed by atoms with van der Waals surface area (Å²) in [4.78, 5) is 11.6. The van der Waals surface area contributed by atoms with Crippen molar-refractivity contribution in [2.45, 2.75) is 51.4 Å². The molecule has 3 N–H and O–H groups in total. The maximum Gasteiger partial charge on any atom is 0.339 e. The fraction of sp³-hybridized carbons (Fsp3) is 0.321. The molecule has 0 fully saturated rings. The number of hydrogen-bond donors (Lipinski definition) is 3. The molecule has 3 aromatic carbocycles. The molecule has 0 aromatic heterocycles. The lowest BCUT2D eigenvalue weighted by Gasteiger charge is -2.27. The van der Waals surface area contributed by atoms with Gasteiger partial charge in [-0.05, 0) is 73.1 Å². The van der Waals surface area contributed by atoms with E-state index in [0.29, 0.717) is 18.3 Å². The van der Waals surface area contributed by atoms with Crippen LogP contribution in [0.4, 0.5) is 0 Å². The van der Waals surface area contributed by atoms with Gasteiger partial charge in [0.2, 0.25) is 0 Å². The molecule has 0 amide bonds. The van der Waals surface area contributed by atoms with E-state index >= 15 is 0 Å². The lowest BCUT2D eigenvalue weighted by atomic mass is 9.86. The van der Waals surface area contributed by atoms with Crippen LogP contribution in [-0.4, -0.2) is 34.9 Å². The summed E-state index contributed by atoms with van der Waals surface area (Å²) >= 11 is 0. The number of aromatic carboxylic acids is 1. The fourth-order valence-corrected chi connectivity index (χ4v) is 4.41. The number of carbonyl (C=O) groups is 1. The molecule has 0 radical (unpaired) electrons. The van der Waals surface area contributed by atoms with Gasteiger partial charge in [-0.1, -0.05) is 54.6 Å². The number of fused-ring (bicyclic) bond motifs is 1. The van der Waals surface area contributed by atoms with Gasteiger partial charge >= 0.3 is 5.97 Å². The van der Waals surface area contributed by atoms with Gasteiger partial charge in [-0.25, -0.2) is 4.79 Å². The van der Waals surface area contributed by atoms with Gasteiger partial charge in [-0.2, -0.15) is 0 Å². The minimum atomic E-state index is -0.991. The Bertz CT molecular complexity index is 1110. The summed E-state index contributed by atoms with van der Waals surface area (Å²) in [5.41, 5.74) is 5.72. The molecule has 0 saturated heterocycles. The van der Waals surface area contributed by atoms with Gasteiger partial charge in [0.1, 0.15) is 11.3 Å². The minimum Gasteiger partial charge on any atom is -0.490 e. The van der Waals surface area contributed by atoms with Gasteiger partial charge < -0.3 is 20.3 Å². The quantitative estimate of drug-likeness (QED) is 0.454. The zero-order chi connectivity index (χ0) is 23.4. The number of ether oxygens (including phenoxy) is 1. The summed E-state index contributed by atoms with van der Waals surface area (Å²) < 4.78 is 5.77. The van der Waals surface area contributed by atoms with Crippen LogP contribution in [0.1, 0.15) is 53.4 Å². The molecule has 5 heteroatoms. The van der Waals surface area contributed by atoms with Gasteiger partial charge in [0.15, 0.2) is 0 Å². The first-order valence-electron chi connectivity index (χ1n) is 11.5. The molecule has 0 aliphatic heterocycles. The second kappa shape index (κ2) is 10.2. The second-order valence-corrected chi connectivity index (χ2v) is 8.94. The number of carboxylic acids is 1. The van der Waals surface area contributed by atoms with Crippen molar-refractivity contribution in [1.29, 1.82) is 0 Å². The number of aliphatic hydroxyl groups excluding tert-OH is 1. The fourth-order valence-electron chi connectivity index (χ4n) is 4.41. The van der Waals surface area contributed by atoms with E-state index in [1.54, 1.807) is 6.07 Å². The van der Waals surface area contributed by atoms with E-state index in [0.717, 1.165) is 36.0 Å². The molecule has 0 bridgehead atoms. The number of hydrogen-bond acceptors (Lipinski definition) is 4. The summed E-state index contributed by atoms with van der Waals surface area (Å²) in [6, 6.07) is 21.8. The molecule has 4 rings (SSSR count). The van der Waals surface area contributed by atoms with E-state index in [2.05, 4.69) is 23.5 Å². The van der Waals surface area contributed by atoms with Crippen molar-refractivity contribution < 1.29 is 19.7 Å². The smallest absolute Gasteiger partial charge is 0.339 e. The largest absolute Gasteiger partial charge is 0.490 e. The van der Waals surface area contributed by atoms with Gasteiger partial charge in [-0.3, -0.25) is 0 Å². The summed E-state index contributed by atoms with van der Waals surface area (Å²) in [5.74, 6) is -0.601. The first kappa shape index (κ1) is 23.0. The second-order valence-electron chi connectivity index (χ2n) is 8.94. The third-order valence-electron chi connectivity index (χ3n) is 6.13. The van der Waals surface area contributed by atoms with Crippen LogP contribution in [0.15, 0.2) is 66.7 Å². The summed E-state index contributed by atoms with van der Waals surface area (Å²) in [7, 11) is 0. The topological polar surface area (TPSA) is 78.8 Å². The van der Waals surface area contributed by atoms with Crippen molar-refractivity contribution in [1.82, 2.24) is 5.32 Å². The highest BCUT2D eigenvalue weighted by Crippen LogP contribution is 2.32. The maximum absolute atomic E-state index is 11.6. The number of carboxylic acid groups (broad SMARTS) is 1. The van der Waals surface area contributed by atoms with E-state index in [9.17, 15) is 15.0 Å². The molecular formula is C28H31NO4. The Labute approximate surface area is 195 Å². The van der Waals surface area contributed by atoms with Crippen molar-refractivity contribution in [2.75, 3.05) is 6.54 Å². The van der Waals surface area contributed by atoms with Crippen LogP contribution in [0.25, 0.3) is 11.1 Å². The molecule has 1 aliphatic carbocycles. The predicted molar refractivity (Wildman–Crippen MR) is 130 cm³/mol. The molecule has 0 heterocycles. The summed E-state index contributed by atoms with van der Waals surface area (Å²) in [6.45, 7) is 4.30. The van der Waals surface area contributed by atoms with Crippen LogP contribution in [0.3, 0.4) is 0 Å². The van der Waals surface area contributed by atoms with Crippen molar-refractivity contribution >= 4 is 5.97 Å². The van der Waals surface area contributed by atoms with Gasteiger partial charge in [0.05, 0.1) is 12.2 Å². The molecule has 172 valence electrons. The Morgan fingerprint density at radius 2 is 1.76 bits per heavy atom. The van der Waals surface area contributed by atoms with E-state index in [-0.39, 0.29) is 11.7 Å². The molecule has 5 nitrogen and oxygen atoms in total. The zero-order valence-corrected chi connectivity index (χ0v) is 19.1. The van der Waals surface area contributed by atoms with Crippen molar-refractivity contribution in [2.24, 2.45) is 0 Å². The molecule has 2 atom stereocenters. The molecule has 33 heavy (non-hydrogen) atoms. The summed E-state index contributed by atoms with van der Waals surface area (Å²) in [5, 5.41) is 23.5. The third kappa shape index (κ3) is 5.62. The van der Waals surface area contributed by atoms with Gasteiger partial charge in [0.25, 0.3) is 0 Å². The maximum atomic E-state index is 11.6. The molecule has 3 aromatic rings. The van der Waals surface area contributed by atoms with Crippen molar-refractivity contribution in [3.63, 3.8) is 0 Å². The van der Waals surface area contributed by atoms with Crippen LogP contribution >= 0.6 is 0 Å². The Balaban J connectivity index is 1.49. The van der Waals surface area contributed by atoms with E-state index < -0.39 is 12.1 Å². The minimum absolute atomic E-state index is 0.111. The first-order chi connectivity index (χ1) is 15.9. The standard InChI is InChI=1S/C28H31NO4/c1-18(2)33-27-16-22(11-13-25(27)28(31)32)21-9-8-19-10-12-24(15-23(19)14-21)29-17-26(30)20-6-4-3-5-7-20/h3-9,11,13-14,16,18,24,26,29-30H,10,12,15,17H2,1-2H3,(H,31,32)/t24-,26+/m0/s1. The SMILES string of the molecule is CC(C)Oc1cc(-c2ccc3c(c2)C[C@@H](NC[C@@H](O)c2ccccc2)CC3)ccc1C(=O)O. The Hall–Kier alpha value is -3.15. The monoisotopic (exact) mass is 445 g/mol. The van der Waals surface area contributed by atoms with E-state index in [4.69, 9.17) is 4.74 Å². The molecule has 1 aliphatic rings. The molecule has 0 spiro atoms. The Morgan fingerprint density at radius 1 is 1.03 bits per heavy atom. The van der Waals surface area contributed by atoms with Crippen LogP contribution in [0.2, 0.25) is 0 Å². The lowest BCUT2D eigenvalue weighted by Crippen LogP contribution is -2.37. The van der Waals surface area contributed by atoms with Crippen LogP contribution in [0.5, 0.6) is 5.75 Å². The number of nitrogens with one attached hydrogen (secondary N) is 1. The van der Waals surface area contributed by atoms with Crippen LogP contribution in [-0.2, 0) is 12.8 Å². The highest BCUT2D eigenvalue weighted by atomic mass is 16.5. The third-order valence-corrected chi connectivity index (χ3v) is 6.13. The Kier molecular flexibility index (Phi) is 7.11. The average molecular weight is 446 g/mol. The zero-order valence-electron chi connectivity index (χ0n) is 19.1. The molecular weight excluding hydrogens is 414 g/mol. The Morgan fingerprint density at radius 3 is 2.48 bits per heavy atom. The lowest BCUT2D eigenvalue weighted by molar-refractivity contribution is 0.0690.